The maximum absolute atomic E-state index is 4.87. The van der Waals surface area contributed by atoms with E-state index in [0.717, 1.165) is 24.8 Å². The average molecular weight is 275 g/mol. The van der Waals surface area contributed by atoms with Gasteiger partial charge >= 0.3 is 0 Å². The van der Waals surface area contributed by atoms with Gasteiger partial charge in [-0.3, -0.25) is 4.68 Å². The van der Waals surface area contributed by atoms with Gasteiger partial charge in [-0.2, -0.15) is 5.10 Å². The Hall–Kier alpha value is -0.830. The van der Waals surface area contributed by atoms with Gasteiger partial charge < -0.3 is 5.32 Å². The molecule has 1 aromatic rings. The number of likely N-dealkylation sites (N-methyl/N-ethyl adjacent to an activating group) is 1. The van der Waals surface area contributed by atoms with Crippen molar-refractivity contribution in [1.29, 1.82) is 0 Å². The van der Waals surface area contributed by atoms with E-state index in [2.05, 4.69) is 36.1 Å². The fourth-order valence-electron chi connectivity index (χ4n) is 3.81. The van der Waals surface area contributed by atoms with Crippen LogP contribution in [0.5, 0.6) is 0 Å². The van der Waals surface area contributed by atoms with Crippen molar-refractivity contribution >= 4 is 0 Å². The molecule has 0 aliphatic heterocycles. The Morgan fingerprint density at radius 2 is 2.10 bits per heavy atom. The van der Waals surface area contributed by atoms with Crippen LogP contribution in [0.1, 0.15) is 64.1 Å². The maximum Gasteiger partial charge on any atom is 0.0640 e. The van der Waals surface area contributed by atoms with Gasteiger partial charge in [0.05, 0.1) is 11.7 Å². The van der Waals surface area contributed by atoms with Crippen LogP contribution in [0, 0.1) is 11.8 Å². The van der Waals surface area contributed by atoms with E-state index in [9.17, 15) is 0 Å². The zero-order chi connectivity index (χ0) is 13.9. The first kappa shape index (κ1) is 14.1. The van der Waals surface area contributed by atoms with Crippen LogP contribution >= 0.6 is 0 Å². The van der Waals surface area contributed by atoms with Crippen LogP contribution in [-0.2, 0) is 6.42 Å². The first-order valence-electron chi connectivity index (χ1n) is 8.55. The Bertz CT molecular complexity index is 420. The average Bonchev–Trinajstić information content (AvgIpc) is 3.01. The summed E-state index contributed by atoms with van der Waals surface area (Å²) in [6.45, 7) is 5.65. The van der Waals surface area contributed by atoms with Gasteiger partial charge in [-0.1, -0.05) is 33.1 Å². The summed E-state index contributed by atoms with van der Waals surface area (Å²) in [4.78, 5) is 0. The van der Waals surface area contributed by atoms with E-state index in [1.165, 1.54) is 44.2 Å². The van der Waals surface area contributed by atoms with Crippen molar-refractivity contribution in [3.63, 3.8) is 0 Å². The molecule has 0 aromatic carbocycles. The molecule has 3 nitrogen and oxygen atoms in total. The molecule has 20 heavy (non-hydrogen) atoms. The summed E-state index contributed by atoms with van der Waals surface area (Å²) >= 11 is 0. The minimum Gasteiger partial charge on any atom is -0.314 e. The third-order valence-corrected chi connectivity index (χ3v) is 5.20. The van der Waals surface area contributed by atoms with Gasteiger partial charge in [0.15, 0.2) is 0 Å². The summed E-state index contributed by atoms with van der Waals surface area (Å²) in [6, 6.07) is 3.53. The van der Waals surface area contributed by atoms with Gasteiger partial charge in [0, 0.05) is 18.7 Å². The fraction of sp³-hybridized carbons (Fsp3) is 0.824. The van der Waals surface area contributed by atoms with Crippen LogP contribution in [0.4, 0.5) is 0 Å². The van der Waals surface area contributed by atoms with E-state index in [0.29, 0.717) is 12.1 Å². The summed E-state index contributed by atoms with van der Waals surface area (Å²) < 4.78 is 2.24. The second kappa shape index (κ2) is 6.30. The number of nitrogens with zero attached hydrogens (tertiary/aromatic N) is 2. The molecule has 2 fully saturated rings. The topological polar surface area (TPSA) is 29.9 Å². The van der Waals surface area contributed by atoms with Crippen LogP contribution in [0.15, 0.2) is 12.3 Å². The van der Waals surface area contributed by atoms with E-state index in [-0.39, 0.29) is 0 Å². The molecular formula is C17H29N3. The lowest BCUT2D eigenvalue weighted by atomic mass is 9.96. The zero-order valence-corrected chi connectivity index (χ0v) is 13.0. The molecule has 1 aromatic heterocycles. The minimum absolute atomic E-state index is 0.629. The molecule has 3 rings (SSSR count). The molecule has 3 atom stereocenters. The predicted molar refractivity (Wildman–Crippen MR) is 82.8 cm³/mol. The third kappa shape index (κ3) is 3.25. The van der Waals surface area contributed by atoms with Crippen LogP contribution in [0.25, 0.3) is 0 Å². The van der Waals surface area contributed by atoms with Crippen molar-refractivity contribution in [3.8, 4) is 0 Å². The summed E-state index contributed by atoms with van der Waals surface area (Å²) in [6.07, 6.45) is 11.5. The van der Waals surface area contributed by atoms with E-state index < -0.39 is 0 Å². The van der Waals surface area contributed by atoms with Crippen LogP contribution in [0.3, 0.4) is 0 Å². The highest BCUT2D eigenvalue weighted by Crippen LogP contribution is 2.41. The van der Waals surface area contributed by atoms with Crippen molar-refractivity contribution in [1.82, 2.24) is 15.1 Å². The normalized spacial score (nSPS) is 28.5. The third-order valence-electron chi connectivity index (χ3n) is 5.20. The number of aromatic nitrogens is 2. The Morgan fingerprint density at radius 3 is 2.75 bits per heavy atom. The molecule has 3 heteroatoms. The lowest BCUT2D eigenvalue weighted by molar-refractivity contribution is 0.327. The van der Waals surface area contributed by atoms with Crippen molar-refractivity contribution in [3.05, 3.63) is 18.0 Å². The van der Waals surface area contributed by atoms with Crippen LogP contribution in [0.2, 0.25) is 0 Å². The molecular weight excluding hydrogens is 246 g/mol. The molecule has 0 amide bonds. The van der Waals surface area contributed by atoms with Gasteiger partial charge in [0.1, 0.15) is 0 Å². The van der Waals surface area contributed by atoms with E-state index in [4.69, 9.17) is 5.10 Å². The first-order chi connectivity index (χ1) is 9.78. The summed E-state index contributed by atoms with van der Waals surface area (Å²) in [5.41, 5.74) is 1.28. The number of nitrogens with one attached hydrogen (secondary N) is 1. The Kier molecular flexibility index (Phi) is 4.45. The fourth-order valence-corrected chi connectivity index (χ4v) is 3.81. The Morgan fingerprint density at radius 1 is 1.35 bits per heavy atom. The monoisotopic (exact) mass is 275 g/mol. The molecule has 0 spiro atoms. The molecule has 1 N–H and O–H groups in total. The second-order valence-electron chi connectivity index (χ2n) is 6.82. The molecule has 0 radical (unpaired) electrons. The van der Waals surface area contributed by atoms with Crippen molar-refractivity contribution < 1.29 is 0 Å². The standard InChI is InChI=1S/C17H29N3/c1-3-18-17(16-11-13(16)2)12-14-9-10-20(19-14)15-7-5-4-6-8-15/h9-10,13,15-18H,3-8,11-12H2,1-2H3. The minimum atomic E-state index is 0.629. The Labute approximate surface area is 123 Å². The highest BCUT2D eigenvalue weighted by atomic mass is 15.3. The SMILES string of the molecule is CCNC(Cc1ccn(C2CCCCC2)n1)C1CC1C. The molecule has 112 valence electrons. The van der Waals surface area contributed by atoms with E-state index in [1.807, 2.05) is 0 Å². The van der Waals surface area contributed by atoms with Gasteiger partial charge in [-0.15, -0.1) is 0 Å². The molecule has 2 aliphatic carbocycles. The number of rotatable bonds is 6. The first-order valence-corrected chi connectivity index (χ1v) is 8.55. The second-order valence-corrected chi connectivity index (χ2v) is 6.82. The van der Waals surface area contributed by atoms with E-state index in [1.54, 1.807) is 0 Å². The van der Waals surface area contributed by atoms with Crippen molar-refractivity contribution in [2.75, 3.05) is 6.54 Å². The van der Waals surface area contributed by atoms with Gasteiger partial charge in [0.2, 0.25) is 0 Å². The highest BCUT2D eigenvalue weighted by molar-refractivity contribution is 5.06. The lowest BCUT2D eigenvalue weighted by Crippen LogP contribution is -2.33. The summed E-state index contributed by atoms with van der Waals surface area (Å²) in [5.74, 6) is 1.77. The molecule has 2 saturated carbocycles. The maximum atomic E-state index is 4.87. The van der Waals surface area contributed by atoms with Crippen LogP contribution in [-0.4, -0.2) is 22.4 Å². The molecule has 2 aliphatic rings. The Balaban J connectivity index is 1.60. The summed E-state index contributed by atoms with van der Waals surface area (Å²) in [7, 11) is 0. The lowest BCUT2D eigenvalue weighted by Gasteiger charge is -2.22. The van der Waals surface area contributed by atoms with Gasteiger partial charge in [-0.05, 0) is 43.7 Å². The smallest absolute Gasteiger partial charge is 0.0640 e. The highest BCUT2D eigenvalue weighted by Gasteiger charge is 2.39. The van der Waals surface area contributed by atoms with Gasteiger partial charge in [0.25, 0.3) is 0 Å². The molecule has 1 heterocycles. The number of hydrogen-bond donors (Lipinski definition) is 1. The van der Waals surface area contributed by atoms with Crippen molar-refractivity contribution in [2.24, 2.45) is 11.8 Å². The zero-order valence-electron chi connectivity index (χ0n) is 13.0. The van der Waals surface area contributed by atoms with Gasteiger partial charge in [-0.25, -0.2) is 0 Å². The molecule has 0 saturated heterocycles. The predicted octanol–water partition coefficient (Wildman–Crippen LogP) is 3.56. The number of hydrogen-bond acceptors (Lipinski definition) is 2. The quantitative estimate of drug-likeness (QED) is 0.860. The van der Waals surface area contributed by atoms with E-state index >= 15 is 0 Å². The van der Waals surface area contributed by atoms with Crippen LogP contribution < -0.4 is 5.32 Å². The van der Waals surface area contributed by atoms with Crippen molar-refractivity contribution in [2.45, 2.75) is 70.9 Å². The molecule has 3 unspecified atom stereocenters. The summed E-state index contributed by atoms with van der Waals surface area (Å²) in [5, 5.41) is 8.53. The largest absolute Gasteiger partial charge is 0.314 e. The molecule has 0 bridgehead atoms.